The van der Waals surface area contributed by atoms with Crippen molar-refractivity contribution in [3.8, 4) is 34.3 Å². The van der Waals surface area contributed by atoms with Gasteiger partial charge < -0.3 is 24.4 Å². The number of aromatic nitrogens is 2. The monoisotopic (exact) mass is 724 g/mol. The summed E-state index contributed by atoms with van der Waals surface area (Å²) in [5, 5.41) is 3.84. The van der Waals surface area contributed by atoms with E-state index >= 15 is 4.39 Å². The lowest BCUT2D eigenvalue weighted by Gasteiger charge is -2.26. The number of amides is 1. The average molecular weight is 725 g/mol. The highest BCUT2D eigenvalue weighted by Crippen LogP contribution is 2.38. The third-order valence-corrected chi connectivity index (χ3v) is 9.19. The Labute approximate surface area is 303 Å². The summed E-state index contributed by atoms with van der Waals surface area (Å²) in [4.78, 5) is 25.1. The number of benzene rings is 4. The van der Waals surface area contributed by atoms with Crippen LogP contribution in [0.5, 0.6) is 23.0 Å². The highest BCUT2D eigenvalue weighted by Gasteiger charge is 2.30. The Bertz CT molecular complexity index is 2260. The molecule has 12 heteroatoms. The number of nitrogens with one attached hydrogen (secondary N) is 1. The first-order chi connectivity index (χ1) is 25.7. The number of para-hydroxylation sites is 1. The number of carbonyl (C=O) groups is 1. The number of anilines is 1. The molecule has 0 aliphatic carbocycles. The summed E-state index contributed by atoms with van der Waals surface area (Å²) in [7, 11) is 1.55. The van der Waals surface area contributed by atoms with Gasteiger partial charge in [0.15, 0.2) is 23.1 Å². The standard InChI is InChI=1S/C41H36F4N4O4/c1-51-38-24-31-35(25-39(38)52-21-7-20-49-18-5-2-6-19-49)46-17-16-36(31)53-37-15-14-28(22-32(37)42)47-40(50)30-23-34(48-33-9-4-3-8-29(30)33)26-10-12-27(13-11-26)41(43,44)45/h3-4,8-17,22-25H,2,5-7,18-21H2,1H3,(H,47,50). The number of halogens is 4. The number of alkyl halides is 3. The molecule has 0 bridgehead atoms. The minimum Gasteiger partial charge on any atom is -0.493 e. The van der Waals surface area contributed by atoms with E-state index in [1.165, 1.54) is 49.6 Å². The fraction of sp³-hybridized carbons (Fsp3) is 0.244. The lowest BCUT2D eigenvalue weighted by atomic mass is 10.0. The minimum atomic E-state index is -4.48. The van der Waals surface area contributed by atoms with Gasteiger partial charge >= 0.3 is 6.18 Å². The van der Waals surface area contributed by atoms with Gasteiger partial charge in [0.05, 0.1) is 41.6 Å². The van der Waals surface area contributed by atoms with Crippen LogP contribution in [-0.4, -0.2) is 54.1 Å². The summed E-state index contributed by atoms with van der Waals surface area (Å²) in [6, 6.07) is 22.2. The lowest BCUT2D eigenvalue weighted by molar-refractivity contribution is -0.137. The maximum Gasteiger partial charge on any atom is 0.416 e. The molecule has 0 spiro atoms. The Morgan fingerprint density at radius 1 is 0.830 bits per heavy atom. The molecule has 1 N–H and O–H groups in total. The second-order valence-electron chi connectivity index (χ2n) is 12.8. The number of methoxy groups -OCH3 is 1. The predicted molar refractivity (Wildman–Crippen MR) is 195 cm³/mol. The number of hydrogen-bond acceptors (Lipinski definition) is 7. The van der Waals surface area contributed by atoms with Crippen LogP contribution in [0.2, 0.25) is 0 Å². The van der Waals surface area contributed by atoms with Crippen LogP contribution in [0.25, 0.3) is 33.1 Å². The van der Waals surface area contributed by atoms with Gasteiger partial charge in [-0.3, -0.25) is 9.78 Å². The number of hydrogen-bond donors (Lipinski definition) is 1. The quantitative estimate of drug-likeness (QED) is 0.105. The van der Waals surface area contributed by atoms with Gasteiger partial charge in [-0.2, -0.15) is 13.2 Å². The van der Waals surface area contributed by atoms with Crippen LogP contribution in [0, 0.1) is 5.82 Å². The van der Waals surface area contributed by atoms with Gasteiger partial charge in [0.25, 0.3) is 5.91 Å². The molecule has 1 aliphatic rings. The van der Waals surface area contributed by atoms with Crippen LogP contribution in [0.15, 0.2) is 97.2 Å². The molecule has 6 aromatic rings. The number of nitrogens with zero attached hydrogens (tertiary/aromatic N) is 3. The summed E-state index contributed by atoms with van der Waals surface area (Å²) < 4.78 is 72.7. The Balaban J connectivity index is 1.07. The number of carbonyl (C=O) groups excluding carboxylic acids is 1. The molecule has 8 nitrogen and oxygen atoms in total. The van der Waals surface area contributed by atoms with E-state index in [0.717, 1.165) is 44.3 Å². The molecule has 0 atom stereocenters. The maximum absolute atomic E-state index is 15.5. The highest BCUT2D eigenvalue weighted by molar-refractivity contribution is 6.13. The van der Waals surface area contributed by atoms with E-state index in [4.69, 9.17) is 14.2 Å². The van der Waals surface area contributed by atoms with Crippen LogP contribution in [-0.2, 0) is 6.18 Å². The summed E-state index contributed by atoms with van der Waals surface area (Å²) in [6.07, 6.45) is 1.74. The number of piperidine rings is 1. The SMILES string of the molecule is COc1cc2c(Oc3ccc(NC(=O)c4cc(-c5ccc(C(F)(F)F)cc5)nc5ccccc45)cc3F)ccnc2cc1OCCCN1CCCCC1. The van der Waals surface area contributed by atoms with Gasteiger partial charge in [0.1, 0.15) is 5.75 Å². The molecule has 0 radical (unpaired) electrons. The van der Waals surface area contributed by atoms with E-state index in [9.17, 15) is 18.0 Å². The normalized spacial score (nSPS) is 13.6. The number of fused-ring (bicyclic) bond motifs is 2. The third-order valence-electron chi connectivity index (χ3n) is 9.19. The molecule has 1 saturated heterocycles. The average Bonchev–Trinajstić information content (AvgIpc) is 3.17. The van der Waals surface area contributed by atoms with Gasteiger partial charge in [0, 0.05) is 46.9 Å². The van der Waals surface area contributed by atoms with Crippen molar-refractivity contribution in [2.45, 2.75) is 31.9 Å². The first-order valence-electron chi connectivity index (χ1n) is 17.3. The van der Waals surface area contributed by atoms with Crippen molar-refractivity contribution >= 4 is 33.4 Å². The topological polar surface area (TPSA) is 85.8 Å². The van der Waals surface area contributed by atoms with Crippen LogP contribution in [0.3, 0.4) is 0 Å². The smallest absolute Gasteiger partial charge is 0.416 e. The molecule has 272 valence electrons. The van der Waals surface area contributed by atoms with Crippen molar-refractivity contribution in [2.24, 2.45) is 0 Å². The van der Waals surface area contributed by atoms with Crippen LogP contribution < -0.4 is 19.5 Å². The van der Waals surface area contributed by atoms with Gasteiger partial charge in [-0.15, -0.1) is 0 Å². The van der Waals surface area contributed by atoms with Gasteiger partial charge in [-0.05, 0) is 80.9 Å². The summed E-state index contributed by atoms with van der Waals surface area (Å²) in [6.45, 7) is 3.77. The first-order valence-corrected chi connectivity index (χ1v) is 17.3. The number of rotatable bonds is 11. The van der Waals surface area contributed by atoms with Crippen molar-refractivity contribution in [1.82, 2.24) is 14.9 Å². The fourth-order valence-electron chi connectivity index (χ4n) is 6.46. The molecule has 0 saturated carbocycles. The van der Waals surface area contributed by atoms with E-state index in [0.29, 0.717) is 56.9 Å². The number of pyridine rings is 2. The van der Waals surface area contributed by atoms with Gasteiger partial charge in [-0.25, -0.2) is 9.37 Å². The molecule has 0 unspecified atom stereocenters. The lowest BCUT2D eigenvalue weighted by Crippen LogP contribution is -2.31. The molecular formula is C41H36F4N4O4. The zero-order valence-electron chi connectivity index (χ0n) is 28.9. The Morgan fingerprint density at radius 3 is 2.38 bits per heavy atom. The molecule has 1 fully saturated rings. The van der Waals surface area contributed by atoms with Crippen molar-refractivity contribution in [2.75, 3.05) is 38.7 Å². The van der Waals surface area contributed by atoms with Crippen LogP contribution in [0.1, 0.15) is 41.6 Å². The van der Waals surface area contributed by atoms with Crippen LogP contribution >= 0.6 is 0 Å². The Morgan fingerprint density at radius 2 is 1.62 bits per heavy atom. The van der Waals surface area contributed by atoms with Crippen molar-refractivity contribution in [3.63, 3.8) is 0 Å². The van der Waals surface area contributed by atoms with E-state index in [2.05, 4.69) is 20.2 Å². The van der Waals surface area contributed by atoms with Crippen molar-refractivity contribution in [1.29, 1.82) is 0 Å². The minimum absolute atomic E-state index is 0.0774. The number of likely N-dealkylation sites (tertiary alicyclic amines) is 1. The highest BCUT2D eigenvalue weighted by atomic mass is 19.4. The van der Waals surface area contributed by atoms with E-state index in [1.807, 2.05) is 0 Å². The third kappa shape index (κ3) is 8.18. The molecule has 4 aromatic carbocycles. The van der Waals surface area contributed by atoms with Gasteiger partial charge in [-0.1, -0.05) is 36.8 Å². The zero-order valence-corrected chi connectivity index (χ0v) is 28.9. The molecular weight excluding hydrogens is 688 g/mol. The fourth-order valence-corrected chi connectivity index (χ4v) is 6.46. The van der Waals surface area contributed by atoms with Crippen molar-refractivity contribution < 1.29 is 36.6 Å². The van der Waals surface area contributed by atoms with Crippen LogP contribution in [0.4, 0.5) is 23.2 Å². The second kappa shape index (κ2) is 15.5. The molecule has 1 aliphatic heterocycles. The van der Waals surface area contributed by atoms with E-state index in [-0.39, 0.29) is 17.0 Å². The largest absolute Gasteiger partial charge is 0.493 e. The van der Waals surface area contributed by atoms with Crippen molar-refractivity contribution in [3.05, 3.63) is 114 Å². The first kappa shape index (κ1) is 35.6. The molecule has 1 amide bonds. The number of ether oxygens (including phenoxy) is 3. The Kier molecular flexibility index (Phi) is 10.4. The Hall–Kier alpha value is -5.75. The molecule has 53 heavy (non-hydrogen) atoms. The zero-order chi connectivity index (χ0) is 37.0. The molecule has 3 heterocycles. The summed E-state index contributed by atoms with van der Waals surface area (Å²) >= 11 is 0. The van der Waals surface area contributed by atoms with Gasteiger partial charge in [0.2, 0.25) is 0 Å². The summed E-state index contributed by atoms with van der Waals surface area (Å²) in [5.41, 5.74) is 1.36. The second-order valence-corrected chi connectivity index (χ2v) is 12.8. The molecule has 2 aromatic heterocycles. The maximum atomic E-state index is 15.5. The van der Waals surface area contributed by atoms with E-state index in [1.54, 1.807) is 55.8 Å². The van der Waals surface area contributed by atoms with E-state index < -0.39 is 23.5 Å². The molecule has 7 rings (SSSR count). The predicted octanol–water partition coefficient (Wildman–Crippen LogP) is 9.92. The summed E-state index contributed by atoms with van der Waals surface area (Å²) in [5.74, 6) is 0.0473.